The Balaban J connectivity index is 1.53. The van der Waals surface area contributed by atoms with Gasteiger partial charge < -0.3 is 19.7 Å². The Bertz CT molecular complexity index is 1320. The molecule has 7 heteroatoms. The van der Waals surface area contributed by atoms with Crippen LogP contribution in [-0.2, 0) is 19.5 Å². The number of halogens is 2. The van der Waals surface area contributed by atoms with Gasteiger partial charge in [0.25, 0.3) is 5.91 Å². The van der Waals surface area contributed by atoms with E-state index in [1.165, 1.54) is 23.1 Å². The quantitative estimate of drug-likeness (QED) is 0.412. The van der Waals surface area contributed by atoms with E-state index in [9.17, 15) is 15.0 Å². The highest BCUT2D eigenvalue weighted by atomic mass is 35.5. The Kier molecular flexibility index (Phi) is 5.24. The smallest absolute Gasteiger partial charge is 0.254 e. The molecule has 2 heterocycles. The third-order valence-electron chi connectivity index (χ3n) is 5.99. The van der Waals surface area contributed by atoms with Crippen molar-refractivity contribution in [2.24, 2.45) is 0 Å². The highest BCUT2D eigenvalue weighted by molar-refractivity contribution is 6.37. The van der Waals surface area contributed by atoms with Crippen LogP contribution in [0.25, 0.3) is 10.9 Å². The van der Waals surface area contributed by atoms with E-state index in [2.05, 4.69) is 16.7 Å². The van der Waals surface area contributed by atoms with Crippen molar-refractivity contribution in [2.75, 3.05) is 6.54 Å². The van der Waals surface area contributed by atoms with Gasteiger partial charge in [-0.05, 0) is 47.9 Å². The van der Waals surface area contributed by atoms with Crippen molar-refractivity contribution in [3.05, 3.63) is 93.1 Å². The van der Waals surface area contributed by atoms with Crippen LogP contribution in [0.15, 0.2) is 60.7 Å². The summed E-state index contributed by atoms with van der Waals surface area (Å²) in [4.78, 5) is 15.0. The van der Waals surface area contributed by atoms with E-state index in [1.807, 2.05) is 24.3 Å². The number of benzene rings is 3. The molecule has 0 spiro atoms. The molecule has 2 N–H and O–H groups in total. The summed E-state index contributed by atoms with van der Waals surface area (Å²) in [5.41, 5.74) is 4.88. The number of aromatic nitrogens is 1. The Hall–Kier alpha value is -3.15. The van der Waals surface area contributed by atoms with E-state index in [1.54, 1.807) is 17.0 Å². The van der Waals surface area contributed by atoms with Crippen LogP contribution in [0.4, 0.5) is 0 Å². The zero-order valence-electron chi connectivity index (χ0n) is 17.1. The number of carbonyl (C=O) groups is 1. The minimum atomic E-state index is -0.222. The molecule has 5 nitrogen and oxygen atoms in total. The predicted octanol–water partition coefficient (Wildman–Crippen LogP) is 5.61. The number of nitrogens with zero attached hydrogens (tertiary/aromatic N) is 2. The van der Waals surface area contributed by atoms with Gasteiger partial charge in [-0.2, -0.15) is 0 Å². The maximum absolute atomic E-state index is 13.2. The normalized spacial score (nSPS) is 13.4. The molecule has 0 radical (unpaired) electrons. The molecular formula is C25H20Cl2N2O3. The summed E-state index contributed by atoms with van der Waals surface area (Å²) in [5, 5.41) is 20.8. The third-order valence-corrected chi connectivity index (χ3v) is 6.57. The molecule has 5 rings (SSSR count). The number of carbonyl (C=O) groups excluding carboxylic acids is 1. The van der Waals surface area contributed by atoms with Crippen molar-refractivity contribution in [3.8, 4) is 11.5 Å². The molecule has 1 aliphatic rings. The number of phenolic OH excluding ortho intramolecular Hbond substituents is 2. The molecule has 0 unspecified atom stereocenters. The molecule has 0 bridgehead atoms. The minimum Gasteiger partial charge on any atom is -0.508 e. The molecule has 0 saturated carbocycles. The van der Waals surface area contributed by atoms with Gasteiger partial charge in [0, 0.05) is 35.2 Å². The Morgan fingerprint density at radius 1 is 0.969 bits per heavy atom. The van der Waals surface area contributed by atoms with Crippen molar-refractivity contribution in [3.63, 3.8) is 0 Å². The average Bonchev–Trinajstić information content (AvgIpc) is 3.11. The standard InChI is InChI=1S/C25H20Cl2N2O3/c26-20-11-16(12-21(27)24(20)31)25(32)28-10-9-19-18-3-1-2-4-22(18)29(23(19)14-28)13-15-5-7-17(30)8-6-15/h1-8,11-12,30-31H,9-10,13-14H2. The van der Waals surface area contributed by atoms with Crippen LogP contribution in [0.2, 0.25) is 10.0 Å². The second-order valence-corrected chi connectivity index (χ2v) is 8.77. The SMILES string of the molecule is O=C(c1cc(Cl)c(O)c(Cl)c1)N1CCc2c(n(Cc3ccc(O)cc3)c3ccccc23)C1. The highest BCUT2D eigenvalue weighted by Crippen LogP contribution is 2.35. The Labute approximate surface area is 195 Å². The summed E-state index contributed by atoms with van der Waals surface area (Å²) in [5.74, 6) is -0.170. The molecule has 1 aromatic heterocycles. The van der Waals surface area contributed by atoms with E-state index in [0.717, 1.165) is 23.2 Å². The fourth-order valence-corrected chi connectivity index (χ4v) is 4.89. The number of hydrogen-bond donors (Lipinski definition) is 2. The Morgan fingerprint density at radius 2 is 1.66 bits per heavy atom. The molecule has 3 aromatic carbocycles. The molecule has 162 valence electrons. The van der Waals surface area contributed by atoms with Gasteiger partial charge in [-0.1, -0.05) is 53.5 Å². The fourth-order valence-electron chi connectivity index (χ4n) is 4.40. The van der Waals surface area contributed by atoms with Crippen LogP contribution < -0.4 is 0 Å². The summed E-state index contributed by atoms with van der Waals surface area (Å²) < 4.78 is 2.24. The molecule has 0 aliphatic carbocycles. The van der Waals surface area contributed by atoms with E-state index >= 15 is 0 Å². The second-order valence-electron chi connectivity index (χ2n) is 7.96. The lowest BCUT2D eigenvalue weighted by Crippen LogP contribution is -2.36. The maximum atomic E-state index is 13.2. The van der Waals surface area contributed by atoms with Crippen molar-refractivity contribution in [1.29, 1.82) is 0 Å². The van der Waals surface area contributed by atoms with Crippen molar-refractivity contribution < 1.29 is 15.0 Å². The van der Waals surface area contributed by atoms with Gasteiger partial charge in [0.2, 0.25) is 0 Å². The number of aromatic hydroxyl groups is 2. The topological polar surface area (TPSA) is 65.7 Å². The highest BCUT2D eigenvalue weighted by Gasteiger charge is 2.28. The minimum absolute atomic E-state index is 0.0555. The molecule has 4 aromatic rings. The van der Waals surface area contributed by atoms with Crippen molar-refractivity contribution in [1.82, 2.24) is 9.47 Å². The first-order valence-electron chi connectivity index (χ1n) is 10.3. The first-order chi connectivity index (χ1) is 15.4. The van der Waals surface area contributed by atoms with E-state index in [4.69, 9.17) is 23.2 Å². The van der Waals surface area contributed by atoms with Crippen LogP contribution in [0.1, 0.15) is 27.2 Å². The number of hydrogen-bond acceptors (Lipinski definition) is 3. The zero-order chi connectivity index (χ0) is 22.4. The molecular weight excluding hydrogens is 447 g/mol. The predicted molar refractivity (Wildman–Crippen MR) is 126 cm³/mol. The Morgan fingerprint density at radius 3 is 2.38 bits per heavy atom. The van der Waals surface area contributed by atoms with E-state index < -0.39 is 0 Å². The molecule has 0 saturated heterocycles. The lowest BCUT2D eigenvalue weighted by molar-refractivity contribution is 0.0730. The monoisotopic (exact) mass is 466 g/mol. The van der Waals surface area contributed by atoms with E-state index in [-0.39, 0.29) is 27.5 Å². The van der Waals surface area contributed by atoms with Gasteiger partial charge in [0.1, 0.15) is 5.75 Å². The third kappa shape index (κ3) is 3.57. The summed E-state index contributed by atoms with van der Waals surface area (Å²) in [6.07, 6.45) is 0.740. The van der Waals surface area contributed by atoms with Crippen LogP contribution >= 0.6 is 23.2 Å². The van der Waals surface area contributed by atoms with Crippen LogP contribution in [-0.4, -0.2) is 32.1 Å². The van der Waals surface area contributed by atoms with Crippen molar-refractivity contribution >= 4 is 40.0 Å². The van der Waals surface area contributed by atoms with Gasteiger partial charge in [-0.15, -0.1) is 0 Å². The van der Waals surface area contributed by atoms with Gasteiger partial charge in [-0.3, -0.25) is 4.79 Å². The zero-order valence-corrected chi connectivity index (χ0v) is 18.6. The number of phenols is 2. The number of para-hydroxylation sites is 1. The van der Waals surface area contributed by atoms with E-state index in [0.29, 0.717) is 25.2 Å². The van der Waals surface area contributed by atoms with Gasteiger partial charge in [0.05, 0.1) is 16.6 Å². The summed E-state index contributed by atoms with van der Waals surface area (Å²) in [6, 6.07) is 18.3. The summed E-state index contributed by atoms with van der Waals surface area (Å²) in [7, 11) is 0. The lowest BCUT2D eigenvalue weighted by atomic mass is 10.0. The maximum Gasteiger partial charge on any atom is 0.254 e. The van der Waals surface area contributed by atoms with Gasteiger partial charge in [-0.25, -0.2) is 0 Å². The summed E-state index contributed by atoms with van der Waals surface area (Å²) in [6.45, 7) is 1.67. The number of amides is 1. The first kappa shape index (κ1) is 20.7. The average molecular weight is 467 g/mol. The van der Waals surface area contributed by atoms with Gasteiger partial charge >= 0.3 is 0 Å². The first-order valence-corrected chi connectivity index (χ1v) is 11.0. The van der Waals surface area contributed by atoms with Gasteiger partial charge in [0.15, 0.2) is 5.75 Å². The molecule has 0 atom stereocenters. The molecule has 1 amide bonds. The van der Waals surface area contributed by atoms with Crippen LogP contribution in [0.5, 0.6) is 11.5 Å². The molecule has 32 heavy (non-hydrogen) atoms. The van der Waals surface area contributed by atoms with Crippen molar-refractivity contribution in [2.45, 2.75) is 19.5 Å². The number of fused-ring (bicyclic) bond motifs is 3. The summed E-state index contributed by atoms with van der Waals surface area (Å²) >= 11 is 12.1. The molecule has 0 fully saturated rings. The lowest BCUT2D eigenvalue weighted by Gasteiger charge is -2.29. The molecule has 1 aliphatic heterocycles. The van der Waals surface area contributed by atoms with Crippen LogP contribution in [0.3, 0.4) is 0 Å². The fraction of sp³-hybridized carbons (Fsp3) is 0.160. The number of rotatable bonds is 3. The largest absolute Gasteiger partial charge is 0.508 e. The second kappa shape index (κ2) is 8.08. The van der Waals surface area contributed by atoms with Crippen LogP contribution in [0, 0.1) is 0 Å².